The van der Waals surface area contributed by atoms with Crippen molar-refractivity contribution in [2.45, 2.75) is 45.6 Å². The molecule has 1 aliphatic carbocycles. The molecule has 164 valence electrons. The minimum Gasteiger partial charge on any atom is -0.452 e. The second-order valence-electron chi connectivity index (χ2n) is 7.78. The predicted molar refractivity (Wildman–Crippen MR) is 114 cm³/mol. The average molecular weight is 433 g/mol. The fourth-order valence-electron chi connectivity index (χ4n) is 4.14. The van der Waals surface area contributed by atoms with Gasteiger partial charge in [-0.2, -0.15) is 5.26 Å². The van der Waals surface area contributed by atoms with Crippen LogP contribution in [0.4, 0.5) is 5.82 Å². The number of amides is 1. The Morgan fingerprint density at radius 3 is 2.75 bits per heavy atom. The molecule has 1 aliphatic rings. The number of carbonyl (C=O) groups excluding carboxylic acids is 2. The summed E-state index contributed by atoms with van der Waals surface area (Å²) >= 11 is 0. The van der Waals surface area contributed by atoms with Crippen LogP contribution in [0.15, 0.2) is 30.6 Å². The van der Waals surface area contributed by atoms with Crippen LogP contribution in [0.3, 0.4) is 0 Å². The van der Waals surface area contributed by atoms with E-state index in [9.17, 15) is 14.9 Å². The van der Waals surface area contributed by atoms with Crippen molar-refractivity contribution in [2.75, 3.05) is 11.9 Å². The van der Waals surface area contributed by atoms with Gasteiger partial charge in [0.1, 0.15) is 18.2 Å². The second kappa shape index (κ2) is 9.01. The number of tetrazole rings is 1. The zero-order valence-electron chi connectivity index (χ0n) is 17.9. The van der Waals surface area contributed by atoms with E-state index in [-0.39, 0.29) is 11.6 Å². The highest BCUT2D eigenvalue weighted by Crippen LogP contribution is 2.37. The molecule has 32 heavy (non-hydrogen) atoms. The number of rotatable bonds is 6. The Hall–Kier alpha value is -4.00. The molecule has 1 N–H and O–H groups in total. The van der Waals surface area contributed by atoms with Gasteiger partial charge in [0, 0.05) is 11.7 Å². The molecule has 0 unspecified atom stereocenters. The molecule has 0 saturated heterocycles. The first-order valence-corrected chi connectivity index (χ1v) is 10.4. The maximum absolute atomic E-state index is 12.6. The topological polar surface area (TPSA) is 128 Å². The van der Waals surface area contributed by atoms with Gasteiger partial charge in [0.15, 0.2) is 6.61 Å². The molecule has 0 radical (unpaired) electrons. The van der Waals surface area contributed by atoms with Gasteiger partial charge in [-0.1, -0.05) is 18.9 Å². The molecular formula is C22H23N7O3. The lowest BCUT2D eigenvalue weighted by Crippen LogP contribution is -2.24. The van der Waals surface area contributed by atoms with Gasteiger partial charge in [0.2, 0.25) is 0 Å². The van der Waals surface area contributed by atoms with Gasteiger partial charge in [-0.05, 0) is 60.9 Å². The number of hydrogen-bond acceptors (Lipinski definition) is 7. The van der Waals surface area contributed by atoms with Crippen molar-refractivity contribution in [3.63, 3.8) is 0 Å². The maximum atomic E-state index is 12.6. The van der Waals surface area contributed by atoms with E-state index >= 15 is 0 Å². The van der Waals surface area contributed by atoms with E-state index in [4.69, 9.17) is 4.74 Å². The quantitative estimate of drug-likeness (QED) is 0.592. The van der Waals surface area contributed by atoms with E-state index in [1.165, 1.54) is 11.0 Å². The number of hydrogen-bond donors (Lipinski definition) is 1. The van der Waals surface area contributed by atoms with Crippen LogP contribution in [-0.2, 0) is 9.53 Å². The number of nitrogens with zero attached hydrogens (tertiary/aromatic N) is 6. The Morgan fingerprint density at radius 1 is 1.28 bits per heavy atom. The standard InChI is InChI=1S/C22H23N7O3/c1-14-15(2)29(17-7-3-4-8-17)21(19(14)11-23)25-20(30)12-32-22(31)16-6-5-9-18(10-16)28-13-24-26-27-28/h5-6,9-10,13,17H,3-4,7-8,12H2,1-2H3,(H,25,30). The molecule has 1 saturated carbocycles. The van der Waals surface area contributed by atoms with Crippen LogP contribution in [0.2, 0.25) is 0 Å². The third kappa shape index (κ3) is 4.09. The molecule has 2 heterocycles. The van der Waals surface area contributed by atoms with Crippen LogP contribution in [0.5, 0.6) is 0 Å². The third-order valence-corrected chi connectivity index (χ3v) is 5.85. The van der Waals surface area contributed by atoms with Gasteiger partial charge in [-0.15, -0.1) is 5.10 Å². The van der Waals surface area contributed by atoms with Crippen molar-refractivity contribution in [1.29, 1.82) is 5.26 Å². The highest BCUT2D eigenvalue weighted by Gasteiger charge is 2.27. The molecule has 10 heteroatoms. The average Bonchev–Trinajstić information content (AvgIpc) is 3.55. The summed E-state index contributed by atoms with van der Waals surface area (Å²) in [6.07, 6.45) is 5.68. The third-order valence-electron chi connectivity index (χ3n) is 5.85. The number of nitrogens with one attached hydrogen (secondary N) is 1. The smallest absolute Gasteiger partial charge is 0.338 e. The summed E-state index contributed by atoms with van der Waals surface area (Å²) < 4.78 is 8.67. The van der Waals surface area contributed by atoms with Crippen molar-refractivity contribution < 1.29 is 14.3 Å². The molecule has 0 atom stereocenters. The number of aromatic nitrogens is 5. The molecule has 0 bridgehead atoms. The van der Waals surface area contributed by atoms with Gasteiger partial charge < -0.3 is 14.6 Å². The summed E-state index contributed by atoms with van der Waals surface area (Å²) in [7, 11) is 0. The van der Waals surface area contributed by atoms with Gasteiger partial charge in [0.25, 0.3) is 5.91 Å². The fraction of sp³-hybridized carbons (Fsp3) is 0.364. The summed E-state index contributed by atoms with van der Waals surface area (Å²) in [5.41, 5.74) is 3.13. The Labute approximate surface area is 184 Å². The maximum Gasteiger partial charge on any atom is 0.338 e. The summed E-state index contributed by atoms with van der Waals surface area (Å²) in [6, 6.07) is 9.02. The van der Waals surface area contributed by atoms with Gasteiger partial charge in [0.05, 0.1) is 16.8 Å². The molecule has 3 aromatic rings. The van der Waals surface area contributed by atoms with Gasteiger partial charge in [-0.3, -0.25) is 4.79 Å². The molecule has 0 aliphatic heterocycles. The number of anilines is 1. The van der Waals surface area contributed by atoms with Crippen molar-refractivity contribution in [1.82, 2.24) is 24.8 Å². The van der Waals surface area contributed by atoms with Crippen molar-refractivity contribution in [2.24, 2.45) is 0 Å². The number of benzene rings is 1. The normalized spacial score (nSPS) is 13.7. The first-order chi connectivity index (χ1) is 15.5. The van der Waals surface area contributed by atoms with E-state index in [0.29, 0.717) is 17.1 Å². The summed E-state index contributed by atoms with van der Waals surface area (Å²) in [5, 5.41) is 23.4. The van der Waals surface area contributed by atoms with Crippen molar-refractivity contribution >= 4 is 17.7 Å². The molecular weight excluding hydrogens is 410 g/mol. The monoisotopic (exact) mass is 433 g/mol. The summed E-state index contributed by atoms with van der Waals surface area (Å²) in [6.45, 7) is 3.38. The van der Waals surface area contributed by atoms with Crippen LogP contribution < -0.4 is 5.32 Å². The summed E-state index contributed by atoms with van der Waals surface area (Å²) in [5.74, 6) is -0.659. The van der Waals surface area contributed by atoms with E-state index in [1.54, 1.807) is 24.3 Å². The number of nitriles is 1. The Morgan fingerprint density at radius 2 is 2.06 bits per heavy atom. The minimum atomic E-state index is -0.644. The Balaban J connectivity index is 1.46. The van der Waals surface area contributed by atoms with E-state index in [1.807, 2.05) is 13.8 Å². The van der Waals surface area contributed by atoms with Crippen molar-refractivity contribution in [3.05, 3.63) is 53.0 Å². The first kappa shape index (κ1) is 21.2. The zero-order valence-corrected chi connectivity index (χ0v) is 17.9. The number of esters is 1. The number of ether oxygens (including phenoxy) is 1. The molecule has 1 fully saturated rings. The molecule has 4 rings (SSSR count). The van der Waals surface area contributed by atoms with E-state index in [2.05, 4.69) is 31.5 Å². The van der Waals surface area contributed by atoms with Crippen molar-refractivity contribution in [3.8, 4) is 11.8 Å². The lowest BCUT2D eigenvalue weighted by molar-refractivity contribution is -0.119. The predicted octanol–water partition coefficient (Wildman–Crippen LogP) is 2.86. The van der Waals surface area contributed by atoms with Gasteiger partial charge in [-0.25, -0.2) is 9.48 Å². The van der Waals surface area contributed by atoms with E-state index in [0.717, 1.165) is 36.9 Å². The van der Waals surface area contributed by atoms with Crippen LogP contribution in [0.25, 0.3) is 5.69 Å². The van der Waals surface area contributed by atoms with Crippen LogP contribution in [-0.4, -0.2) is 43.3 Å². The molecule has 10 nitrogen and oxygen atoms in total. The number of carbonyl (C=O) groups is 2. The van der Waals surface area contributed by atoms with E-state index < -0.39 is 18.5 Å². The zero-order chi connectivity index (χ0) is 22.7. The van der Waals surface area contributed by atoms with Crippen LogP contribution in [0, 0.1) is 25.2 Å². The Kier molecular flexibility index (Phi) is 5.98. The SMILES string of the molecule is Cc1c(C#N)c(NC(=O)COC(=O)c2cccc(-n3cnnn3)c2)n(C2CCCC2)c1C. The highest BCUT2D eigenvalue weighted by molar-refractivity contribution is 5.96. The minimum absolute atomic E-state index is 0.252. The first-order valence-electron chi connectivity index (χ1n) is 10.4. The second-order valence-corrected chi connectivity index (χ2v) is 7.78. The lowest BCUT2D eigenvalue weighted by Gasteiger charge is -2.19. The molecule has 1 aromatic carbocycles. The van der Waals surface area contributed by atoms with Crippen LogP contribution in [0.1, 0.15) is 58.9 Å². The van der Waals surface area contributed by atoms with Crippen LogP contribution >= 0.6 is 0 Å². The lowest BCUT2D eigenvalue weighted by atomic mass is 10.2. The highest BCUT2D eigenvalue weighted by atomic mass is 16.5. The Bertz CT molecular complexity index is 1190. The van der Waals surface area contributed by atoms with Gasteiger partial charge >= 0.3 is 5.97 Å². The molecule has 2 aromatic heterocycles. The molecule has 1 amide bonds. The summed E-state index contributed by atoms with van der Waals surface area (Å²) in [4.78, 5) is 25.1. The molecule has 0 spiro atoms. The fourth-order valence-corrected chi connectivity index (χ4v) is 4.14. The largest absolute Gasteiger partial charge is 0.452 e.